The van der Waals surface area contributed by atoms with Gasteiger partial charge in [-0.3, -0.25) is 4.79 Å². The van der Waals surface area contributed by atoms with Crippen LogP contribution in [0.25, 0.3) is 0 Å². The quantitative estimate of drug-likeness (QED) is 0.750. The molecule has 0 aliphatic heterocycles. The van der Waals surface area contributed by atoms with Gasteiger partial charge in [-0.05, 0) is 12.1 Å². The van der Waals surface area contributed by atoms with Gasteiger partial charge in [-0.25, -0.2) is 4.39 Å². The minimum absolute atomic E-state index is 0.466. The number of halogens is 4. The van der Waals surface area contributed by atoms with Crippen molar-refractivity contribution in [1.82, 2.24) is 0 Å². The third-order valence-electron chi connectivity index (χ3n) is 1.80. The maximum absolute atomic E-state index is 13.0. The molecular weight excluding hydrogens is 228 g/mol. The summed E-state index contributed by atoms with van der Waals surface area (Å²) in [5, 5.41) is 8.50. The number of nitrogens with zero attached hydrogens (tertiary/aromatic N) is 1. The van der Waals surface area contributed by atoms with E-state index in [-0.39, 0.29) is 0 Å². The minimum atomic E-state index is -5.08. The summed E-state index contributed by atoms with van der Waals surface area (Å²) in [5.74, 6) is -3.14. The van der Waals surface area contributed by atoms with Crippen LogP contribution in [-0.4, -0.2) is 5.91 Å². The third kappa shape index (κ3) is 1.95. The van der Waals surface area contributed by atoms with Gasteiger partial charge in [0.2, 0.25) is 0 Å². The van der Waals surface area contributed by atoms with Crippen LogP contribution in [0.3, 0.4) is 0 Å². The van der Waals surface area contributed by atoms with Crippen molar-refractivity contribution in [3.63, 3.8) is 0 Å². The molecule has 0 aliphatic rings. The Morgan fingerprint density at radius 1 is 1.38 bits per heavy atom. The van der Waals surface area contributed by atoms with E-state index in [1.54, 1.807) is 0 Å². The highest BCUT2D eigenvalue weighted by molar-refractivity contribution is 5.97. The Kier molecular flexibility index (Phi) is 2.85. The topological polar surface area (TPSA) is 66.9 Å². The van der Waals surface area contributed by atoms with E-state index in [1.165, 1.54) is 6.07 Å². The monoisotopic (exact) mass is 232 g/mol. The summed E-state index contributed by atoms with van der Waals surface area (Å²) < 4.78 is 50.3. The Morgan fingerprint density at radius 2 is 1.94 bits per heavy atom. The first kappa shape index (κ1) is 12.0. The van der Waals surface area contributed by atoms with E-state index in [2.05, 4.69) is 0 Å². The Labute approximate surface area is 87.1 Å². The molecule has 0 aromatic heterocycles. The van der Waals surface area contributed by atoms with Gasteiger partial charge in [-0.15, -0.1) is 0 Å². The van der Waals surface area contributed by atoms with Crippen LogP contribution in [0.1, 0.15) is 21.5 Å². The lowest BCUT2D eigenvalue weighted by Gasteiger charge is -2.12. The first-order chi connectivity index (χ1) is 7.29. The molecule has 0 saturated heterocycles. The van der Waals surface area contributed by atoms with E-state index < -0.39 is 34.6 Å². The summed E-state index contributed by atoms with van der Waals surface area (Å²) in [6.07, 6.45) is -5.08. The van der Waals surface area contributed by atoms with Gasteiger partial charge < -0.3 is 5.73 Å². The van der Waals surface area contributed by atoms with Gasteiger partial charge >= 0.3 is 6.18 Å². The average Bonchev–Trinajstić information content (AvgIpc) is 2.15. The van der Waals surface area contributed by atoms with Gasteiger partial charge in [-0.1, -0.05) is 0 Å². The number of carbonyl (C=O) groups excluding carboxylic acids is 1. The fourth-order valence-electron chi connectivity index (χ4n) is 1.20. The fourth-order valence-corrected chi connectivity index (χ4v) is 1.20. The number of hydrogen-bond acceptors (Lipinski definition) is 2. The molecule has 0 fully saturated rings. The van der Waals surface area contributed by atoms with Gasteiger partial charge in [0.25, 0.3) is 5.91 Å². The number of alkyl halides is 3. The lowest BCUT2D eigenvalue weighted by atomic mass is 10.00. The molecule has 1 aromatic carbocycles. The second kappa shape index (κ2) is 3.81. The van der Waals surface area contributed by atoms with E-state index in [4.69, 9.17) is 11.0 Å². The van der Waals surface area contributed by atoms with E-state index >= 15 is 0 Å². The van der Waals surface area contributed by atoms with Crippen LogP contribution in [-0.2, 0) is 6.18 Å². The van der Waals surface area contributed by atoms with Gasteiger partial charge in [0, 0.05) is 0 Å². The molecule has 7 heteroatoms. The SMILES string of the molecule is N#Cc1ccc(F)c(C(F)(F)F)c1C(N)=O. The highest BCUT2D eigenvalue weighted by Crippen LogP contribution is 2.35. The number of amides is 1. The molecule has 0 bridgehead atoms. The van der Waals surface area contributed by atoms with Crippen LogP contribution in [0.4, 0.5) is 17.6 Å². The van der Waals surface area contributed by atoms with Crippen LogP contribution < -0.4 is 5.73 Å². The molecule has 1 aromatic rings. The van der Waals surface area contributed by atoms with Crippen LogP contribution >= 0.6 is 0 Å². The smallest absolute Gasteiger partial charge is 0.366 e. The van der Waals surface area contributed by atoms with E-state index in [0.717, 1.165) is 6.07 Å². The zero-order valence-electron chi connectivity index (χ0n) is 7.60. The normalized spacial score (nSPS) is 10.9. The van der Waals surface area contributed by atoms with Crippen molar-refractivity contribution in [2.75, 3.05) is 0 Å². The summed E-state index contributed by atoms with van der Waals surface area (Å²) in [5.41, 5.74) is 1.14. The maximum Gasteiger partial charge on any atom is 0.420 e. The number of benzene rings is 1. The minimum Gasteiger partial charge on any atom is -0.366 e. The highest BCUT2D eigenvalue weighted by Gasteiger charge is 2.39. The van der Waals surface area contributed by atoms with Crippen molar-refractivity contribution in [3.05, 3.63) is 34.6 Å². The number of rotatable bonds is 1. The zero-order chi connectivity index (χ0) is 12.5. The van der Waals surface area contributed by atoms with Gasteiger partial charge in [0.1, 0.15) is 11.4 Å². The number of hydrogen-bond donors (Lipinski definition) is 1. The zero-order valence-corrected chi connectivity index (χ0v) is 7.60. The van der Waals surface area contributed by atoms with Crippen molar-refractivity contribution in [2.45, 2.75) is 6.18 Å². The summed E-state index contributed by atoms with van der Waals surface area (Å²) in [7, 11) is 0. The van der Waals surface area contributed by atoms with Crippen LogP contribution in [0, 0.1) is 17.1 Å². The Hall–Kier alpha value is -2.10. The highest BCUT2D eigenvalue weighted by atomic mass is 19.4. The van der Waals surface area contributed by atoms with E-state index in [9.17, 15) is 22.4 Å². The summed E-state index contributed by atoms with van der Waals surface area (Å²) >= 11 is 0. The predicted molar refractivity (Wildman–Crippen MR) is 44.6 cm³/mol. The molecule has 0 heterocycles. The molecule has 1 amide bonds. The third-order valence-corrected chi connectivity index (χ3v) is 1.80. The van der Waals surface area contributed by atoms with Crippen molar-refractivity contribution in [1.29, 1.82) is 5.26 Å². The largest absolute Gasteiger partial charge is 0.420 e. The lowest BCUT2D eigenvalue weighted by molar-refractivity contribution is -0.140. The van der Waals surface area contributed by atoms with Crippen LogP contribution in [0.2, 0.25) is 0 Å². The molecule has 0 unspecified atom stereocenters. The Bertz CT molecular complexity index is 488. The van der Waals surface area contributed by atoms with Crippen LogP contribution in [0.5, 0.6) is 0 Å². The molecule has 0 radical (unpaired) electrons. The number of nitriles is 1. The molecular formula is C9H4F4N2O. The average molecular weight is 232 g/mol. The molecule has 0 spiro atoms. The molecule has 3 nitrogen and oxygen atoms in total. The number of primary amides is 1. The Balaban J connectivity index is 3.70. The van der Waals surface area contributed by atoms with Crippen LogP contribution in [0.15, 0.2) is 12.1 Å². The van der Waals surface area contributed by atoms with Crippen molar-refractivity contribution < 1.29 is 22.4 Å². The van der Waals surface area contributed by atoms with Gasteiger partial charge in [0.05, 0.1) is 17.2 Å². The Morgan fingerprint density at radius 3 is 2.31 bits per heavy atom. The standard InChI is InChI=1S/C9H4F4N2O/c10-5-2-1-4(3-14)6(8(15)16)7(5)9(11,12)13/h1-2H,(H2,15,16). The van der Waals surface area contributed by atoms with Gasteiger partial charge in [-0.2, -0.15) is 18.4 Å². The molecule has 0 saturated carbocycles. The van der Waals surface area contributed by atoms with Crippen molar-refractivity contribution >= 4 is 5.91 Å². The molecule has 2 N–H and O–H groups in total. The molecule has 16 heavy (non-hydrogen) atoms. The second-order valence-electron chi connectivity index (χ2n) is 2.82. The first-order valence-corrected chi connectivity index (χ1v) is 3.88. The van der Waals surface area contributed by atoms with Crippen molar-refractivity contribution in [3.8, 4) is 6.07 Å². The van der Waals surface area contributed by atoms with E-state index in [1.807, 2.05) is 0 Å². The van der Waals surface area contributed by atoms with Crippen molar-refractivity contribution in [2.24, 2.45) is 5.73 Å². The lowest BCUT2D eigenvalue weighted by Crippen LogP contribution is -2.22. The van der Waals surface area contributed by atoms with Gasteiger partial charge in [0.15, 0.2) is 0 Å². The summed E-state index contributed by atoms with van der Waals surface area (Å²) in [6, 6.07) is 2.58. The summed E-state index contributed by atoms with van der Waals surface area (Å²) in [6.45, 7) is 0. The number of nitrogens with two attached hydrogens (primary N) is 1. The fraction of sp³-hybridized carbons (Fsp3) is 0.111. The molecule has 84 valence electrons. The number of carbonyl (C=O) groups is 1. The van der Waals surface area contributed by atoms with E-state index in [0.29, 0.717) is 6.07 Å². The molecule has 0 atom stereocenters. The summed E-state index contributed by atoms with van der Waals surface area (Å²) in [4.78, 5) is 10.8. The molecule has 0 aliphatic carbocycles. The molecule has 1 rings (SSSR count). The predicted octanol–water partition coefficient (Wildman–Crippen LogP) is 1.82. The first-order valence-electron chi connectivity index (χ1n) is 3.88. The maximum atomic E-state index is 13.0. The second-order valence-corrected chi connectivity index (χ2v) is 2.82.